The van der Waals surface area contributed by atoms with Crippen molar-refractivity contribution in [3.8, 4) is 67.3 Å². The zero-order valence-corrected chi connectivity index (χ0v) is 34.5. The predicted molar refractivity (Wildman–Crippen MR) is 262 cm³/mol. The minimum atomic E-state index is -0.529. The van der Waals surface area contributed by atoms with Gasteiger partial charge in [-0.3, -0.25) is 0 Å². The molecule has 0 N–H and O–H groups in total. The van der Waals surface area contributed by atoms with Gasteiger partial charge in [0.05, 0.1) is 16.8 Å². The molecule has 294 valence electrons. The van der Waals surface area contributed by atoms with Gasteiger partial charge in [0.25, 0.3) is 0 Å². The summed E-state index contributed by atoms with van der Waals surface area (Å²) in [7, 11) is 0. The normalized spacial score (nSPS) is 12.6. The number of rotatable bonds is 7. The van der Waals surface area contributed by atoms with Crippen molar-refractivity contribution in [2.45, 2.75) is 5.41 Å². The number of benzene rings is 10. The van der Waals surface area contributed by atoms with Crippen LogP contribution in [-0.2, 0) is 5.41 Å². The fourth-order valence-corrected chi connectivity index (χ4v) is 10.2. The van der Waals surface area contributed by atoms with E-state index in [1.165, 1.54) is 66.2 Å². The third-order valence-electron chi connectivity index (χ3n) is 13.0. The minimum Gasteiger partial charge on any atom is -0.228 e. The maximum Gasteiger partial charge on any atom is 0.160 e. The van der Waals surface area contributed by atoms with Crippen molar-refractivity contribution < 1.29 is 0 Å². The van der Waals surface area contributed by atoms with E-state index in [4.69, 9.17) is 9.97 Å². The molecule has 63 heavy (non-hydrogen) atoms. The van der Waals surface area contributed by atoms with Crippen LogP contribution in [0.5, 0.6) is 0 Å². The van der Waals surface area contributed by atoms with Crippen LogP contribution in [0.4, 0.5) is 0 Å². The molecule has 0 saturated heterocycles. The van der Waals surface area contributed by atoms with E-state index >= 15 is 0 Å². The molecule has 11 aromatic rings. The Morgan fingerprint density at radius 1 is 0.286 bits per heavy atom. The molecule has 1 aliphatic rings. The smallest absolute Gasteiger partial charge is 0.160 e. The summed E-state index contributed by atoms with van der Waals surface area (Å²) in [6.45, 7) is 0. The first-order valence-corrected chi connectivity index (χ1v) is 21.6. The number of hydrogen-bond donors (Lipinski definition) is 0. The number of aromatic nitrogens is 2. The molecule has 0 radical (unpaired) electrons. The maximum atomic E-state index is 5.34. The molecule has 1 heterocycles. The summed E-state index contributed by atoms with van der Waals surface area (Å²) in [6, 6.07) is 87.8. The van der Waals surface area contributed by atoms with Gasteiger partial charge < -0.3 is 0 Å². The second kappa shape index (κ2) is 15.1. The molecule has 0 saturated carbocycles. The van der Waals surface area contributed by atoms with E-state index in [2.05, 4.69) is 237 Å². The molecule has 12 rings (SSSR count). The van der Waals surface area contributed by atoms with Crippen LogP contribution in [0.25, 0.3) is 88.8 Å². The monoisotopic (exact) mass is 800 g/mol. The molecule has 0 amide bonds. The second-order valence-electron chi connectivity index (χ2n) is 16.4. The van der Waals surface area contributed by atoms with Gasteiger partial charge in [-0.1, -0.05) is 224 Å². The van der Waals surface area contributed by atoms with Gasteiger partial charge in [-0.15, -0.1) is 0 Å². The van der Waals surface area contributed by atoms with Crippen molar-refractivity contribution in [1.82, 2.24) is 9.97 Å². The van der Waals surface area contributed by atoms with Crippen molar-refractivity contribution in [3.05, 3.63) is 265 Å². The van der Waals surface area contributed by atoms with Gasteiger partial charge in [0.15, 0.2) is 5.82 Å². The van der Waals surface area contributed by atoms with Crippen LogP contribution >= 0.6 is 0 Å². The molecule has 0 unspecified atom stereocenters. The highest BCUT2D eigenvalue weighted by atomic mass is 14.9. The average molecular weight is 801 g/mol. The SMILES string of the molecule is c1ccc(-c2nc(-c3cccc(-c4ccc5ccccc5c4)c3)cc(-c3ccc(-c4cccc5c4C(c4ccccc4)(c4ccccc4)c4ccccc4-5)c4ccccc34)n2)cc1. The van der Waals surface area contributed by atoms with Crippen LogP contribution in [0.3, 0.4) is 0 Å². The van der Waals surface area contributed by atoms with Crippen molar-refractivity contribution >= 4 is 21.5 Å². The van der Waals surface area contributed by atoms with Gasteiger partial charge in [-0.25, -0.2) is 9.97 Å². The Bertz CT molecular complexity index is 3460. The third kappa shape index (κ3) is 6.02. The molecule has 0 atom stereocenters. The molecule has 0 spiro atoms. The van der Waals surface area contributed by atoms with Crippen molar-refractivity contribution in [2.75, 3.05) is 0 Å². The maximum absolute atomic E-state index is 5.34. The summed E-state index contributed by atoms with van der Waals surface area (Å²) in [4.78, 5) is 10.6. The van der Waals surface area contributed by atoms with Gasteiger partial charge in [0, 0.05) is 16.7 Å². The van der Waals surface area contributed by atoms with E-state index < -0.39 is 5.41 Å². The van der Waals surface area contributed by atoms with Gasteiger partial charge >= 0.3 is 0 Å². The molecule has 0 fully saturated rings. The van der Waals surface area contributed by atoms with E-state index in [0.717, 1.165) is 39.0 Å². The van der Waals surface area contributed by atoms with Crippen LogP contribution in [0.2, 0.25) is 0 Å². The highest BCUT2D eigenvalue weighted by Crippen LogP contribution is 2.59. The topological polar surface area (TPSA) is 25.8 Å². The molecule has 2 heteroatoms. The largest absolute Gasteiger partial charge is 0.228 e. The van der Waals surface area contributed by atoms with Gasteiger partial charge in [-0.05, 0) is 95.4 Å². The van der Waals surface area contributed by atoms with E-state index in [9.17, 15) is 0 Å². The quantitative estimate of drug-likeness (QED) is 0.160. The molecule has 10 aromatic carbocycles. The first kappa shape index (κ1) is 36.6. The first-order chi connectivity index (χ1) is 31.2. The highest BCUT2D eigenvalue weighted by Gasteiger charge is 2.47. The Morgan fingerprint density at radius 3 is 1.57 bits per heavy atom. The van der Waals surface area contributed by atoms with Crippen LogP contribution in [0.1, 0.15) is 22.3 Å². The zero-order chi connectivity index (χ0) is 41.7. The van der Waals surface area contributed by atoms with E-state index in [-0.39, 0.29) is 0 Å². The molecule has 1 aromatic heterocycles. The van der Waals surface area contributed by atoms with Crippen LogP contribution in [-0.4, -0.2) is 9.97 Å². The van der Waals surface area contributed by atoms with E-state index in [0.29, 0.717) is 5.82 Å². The summed E-state index contributed by atoms with van der Waals surface area (Å²) in [6.07, 6.45) is 0. The molecular weight excluding hydrogens is 761 g/mol. The number of nitrogens with zero attached hydrogens (tertiary/aromatic N) is 2. The molecule has 0 aliphatic heterocycles. The fourth-order valence-electron chi connectivity index (χ4n) is 10.2. The lowest BCUT2D eigenvalue weighted by Gasteiger charge is -2.35. The Kier molecular flexibility index (Phi) is 8.76. The first-order valence-electron chi connectivity index (χ1n) is 21.6. The van der Waals surface area contributed by atoms with E-state index in [1.54, 1.807) is 0 Å². The van der Waals surface area contributed by atoms with Crippen molar-refractivity contribution in [2.24, 2.45) is 0 Å². The standard InChI is InChI=1S/C61H40N2/c1-4-19-42(20-5-1)60-62-57(46-23-16-22-44(39-46)45-35-34-41-18-10-11-21-43(41)38-45)40-58(63-60)53-37-36-51(49-28-12-13-29-50(49)53)54-31-17-32-55-52-30-14-15-33-56(52)61(59(54)55,47-24-6-2-7-25-47)48-26-8-3-9-27-48/h1-40H. The molecule has 1 aliphatic carbocycles. The van der Waals surface area contributed by atoms with Crippen LogP contribution in [0, 0.1) is 0 Å². The summed E-state index contributed by atoms with van der Waals surface area (Å²) in [5, 5.41) is 4.77. The second-order valence-corrected chi connectivity index (χ2v) is 16.4. The third-order valence-corrected chi connectivity index (χ3v) is 13.0. The van der Waals surface area contributed by atoms with Crippen molar-refractivity contribution in [1.29, 1.82) is 0 Å². The summed E-state index contributed by atoms with van der Waals surface area (Å²) in [5.41, 5.74) is 16.7. The Hall–Kier alpha value is -8.20. The zero-order valence-electron chi connectivity index (χ0n) is 34.5. The predicted octanol–water partition coefficient (Wildman–Crippen LogP) is 15.5. The molecule has 0 bridgehead atoms. The lowest BCUT2D eigenvalue weighted by Crippen LogP contribution is -2.29. The van der Waals surface area contributed by atoms with Crippen LogP contribution < -0.4 is 0 Å². The summed E-state index contributed by atoms with van der Waals surface area (Å²) in [5.74, 6) is 0.696. The summed E-state index contributed by atoms with van der Waals surface area (Å²) < 4.78 is 0. The van der Waals surface area contributed by atoms with Gasteiger partial charge in [-0.2, -0.15) is 0 Å². The van der Waals surface area contributed by atoms with Crippen LogP contribution in [0.15, 0.2) is 243 Å². The fraction of sp³-hybridized carbons (Fsp3) is 0.0164. The highest BCUT2D eigenvalue weighted by molar-refractivity contribution is 6.07. The number of hydrogen-bond acceptors (Lipinski definition) is 2. The van der Waals surface area contributed by atoms with Crippen molar-refractivity contribution in [3.63, 3.8) is 0 Å². The van der Waals surface area contributed by atoms with Gasteiger partial charge in [0.1, 0.15) is 0 Å². The average Bonchev–Trinajstić information content (AvgIpc) is 3.68. The Morgan fingerprint density at radius 2 is 0.810 bits per heavy atom. The molecular formula is C61H40N2. The lowest BCUT2D eigenvalue weighted by atomic mass is 9.66. The Labute approximate surface area is 367 Å². The number of fused-ring (bicyclic) bond motifs is 5. The Balaban J connectivity index is 1.06. The van der Waals surface area contributed by atoms with Gasteiger partial charge in [0.2, 0.25) is 0 Å². The summed E-state index contributed by atoms with van der Waals surface area (Å²) >= 11 is 0. The van der Waals surface area contributed by atoms with E-state index in [1.807, 2.05) is 6.07 Å². The lowest BCUT2D eigenvalue weighted by molar-refractivity contribution is 0.770. The molecule has 2 nitrogen and oxygen atoms in total. The minimum absolute atomic E-state index is 0.529.